The van der Waals surface area contributed by atoms with Crippen molar-refractivity contribution in [1.29, 1.82) is 0 Å². The summed E-state index contributed by atoms with van der Waals surface area (Å²) in [6.45, 7) is 7.33. The van der Waals surface area contributed by atoms with E-state index in [0.717, 1.165) is 28.2 Å². The Labute approximate surface area is 178 Å². The van der Waals surface area contributed by atoms with Crippen LogP contribution in [-0.2, 0) is 0 Å². The number of hydrogen-bond acceptors (Lipinski definition) is 4. The number of anilines is 2. The number of hydrogen-bond donors (Lipinski definition) is 2. The van der Waals surface area contributed by atoms with E-state index < -0.39 is 0 Å². The van der Waals surface area contributed by atoms with Crippen LogP contribution in [0.4, 0.5) is 16.3 Å². The molecule has 148 valence electrons. The maximum atomic E-state index is 12.5. The summed E-state index contributed by atoms with van der Waals surface area (Å²) in [4.78, 5) is 32.7. The first-order chi connectivity index (χ1) is 13.5. The largest absolute Gasteiger partial charge is 0.353 e. The van der Waals surface area contributed by atoms with E-state index in [4.69, 9.17) is 0 Å². The van der Waals surface area contributed by atoms with Gasteiger partial charge in [-0.1, -0.05) is 6.07 Å². The normalized spacial score (nSPS) is 14.0. The molecule has 0 atom stereocenters. The van der Waals surface area contributed by atoms with Crippen LogP contribution in [0.1, 0.15) is 22.8 Å². The standard InChI is InChI=1S/C20H24IN5O2/c1-3-22-20(28)26-10-8-25(9-11-26)18-7-5-15(13-23-18)19(27)24-16-6-4-14(2)17(21)12-16/h4-7,12-13H,3,8-11H2,1-2H3,(H,22,28)(H,24,27). The third kappa shape index (κ3) is 4.92. The van der Waals surface area contributed by atoms with Crippen molar-refractivity contribution in [3.63, 3.8) is 0 Å². The molecule has 1 aliphatic heterocycles. The van der Waals surface area contributed by atoms with Crippen LogP contribution in [0.3, 0.4) is 0 Å². The van der Waals surface area contributed by atoms with Crippen molar-refractivity contribution in [2.24, 2.45) is 0 Å². The summed E-state index contributed by atoms with van der Waals surface area (Å²) in [6, 6.07) is 9.45. The molecule has 1 fully saturated rings. The second-order valence-corrected chi connectivity index (χ2v) is 7.79. The first-order valence-corrected chi connectivity index (χ1v) is 10.4. The highest BCUT2D eigenvalue weighted by molar-refractivity contribution is 14.1. The average Bonchev–Trinajstić information content (AvgIpc) is 2.71. The van der Waals surface area contributed by atoms with E-state index in [2.05, 4.69) is 43.1 Å². The van der Waals surface area contributed by atoms with Crippen LogP contribution in [0.25, 0.3) is 0 Å². The zero-order valence-electron chi connectivity index (χ0n) is 16.0. The second-order valence-electron chi connectivity index (χ2n) is 6.63. The van der Waals surface area contributed by atoms with Crippen molar-refractivity contribution >= 4 is 46.0 Å². The summed E-state index contributed by atoms with van der Waals surface area (Å²) in [5, 5.41) is 5.73. The number of carbonyl (C=O) groups is 2. The zero-order chi connectivity index (χ0) is 20.1. The Morgan fingerprint density at radius 1 is 1.14 bits per heavy atom. The topological polar surface area (TPSA) is 77.6 Å². The van der Waals surface area contributed by atoms with Crippen molar-refractivity contribution in [2.75, 3.05) is 42.9 Å². The van der Waals surface area contributed by atoms with Crippen molar-refractivity contribution < 1.29 is 9.59 Å². The molecule has 0 radical (unpaired) electrons. The molecule has 2 heterocycles. The molecule has 3 amide bonds. The van der Waals surface area contributed by atoms with Crippen molar-refractivity contribution in [3.05, 3.63) is 51.2 Å². The molecule has 7 nitrogen and oxygen atoms in total. The van der Waals surface area contributed by atoms with Crippen LogP contribution in [0.2, 0.25) is 0 Å². The summed E-state index contributed by atoms with van der Waals surface area (Å²) in [7, 11) is 0. The predicted octanol–water partition coefficient (Wildman–Crippen LogP) is 3.10. The van der Waals surface area contributed by atoms with Crippen molar-refractivity contribution in [3.8, 4) is 0 Å². The minimum absolute atomic E-state index is 0.0205. The highest BCUT2D eigenvalue weighted by Crippen LogP contribution is 2.19. The quantitative estimate of drug-likeness (QED) is 0.642. The molecule has 28 heavy (non-hydrogen) atoms. The van der Waals surface area contributed by atoms with Gasteiger partial charge in [0.25, 0.3) is 5.91 Å². The molecule has 0 saturated carbocycles. The lowest BCUT2D eigenvalue weighted by molar-refractivity contribution is 0.102. The van der Waals surface area contributed by atoms with Gasteiger partial charge in [-0.05, 0) is 66.3 Å². The number of aryl methyl sites for hydroxylation is 1. The Morgan fingerprint density at radius 2 is 1.89 bits per heavy atom. The van der Waals surface area contributed by atoms with Gasteiger partial charge in [-0.25, -0.2) is 9.78 Å². The highest BCUT2D eigenvalue weighted by atomic mass is 127. The summed E-state index contributed by atoms with van der Waals surface area (Å²) >= 11 is 2.25. The van der Waals surface area contributed by atoms with Crippen LogP contribution in [-0.4, -0.2) is 54.5 Å². The number of rotatable bonds is 4. The fraction of sp³-hybridized carbons (Fsp3) is 0.350. The molecule has 0 spiro atoms. The molecule has 2 N–H and O–H groups in total. The molecule has 1 saturated heterocycles. The fourth-order valence-electron chi connectivity index (χ4n) is 2.98. The van der Waals surface area contributed by atoms with Gasteiger partial charge in [0.2, 0.25) is 0 Å². The minimum Gasteiger partial charge on any atom is -0.353 e. The number of nitrogens with one attached hydrogen (secondary N) is 2. The van der Waals surface area contributed by atoms with Crippen molar-refractivity contribution in [2.45, 2.75) is 13.8 Å². The highest BCUT2D eigenvalue weighted by Gasteiger charge is 2.21. The Bertz CT molecular complexity index is 848. The van der Waals surface area contributed by atoms with E-state index >= 15 is 0 Å². The number of benzene rings is 1. The van der Waals surface area contributed by atoms with Crippen LogP contribution in [0.5, 0.6) is 0 Å². The molecule has 1 aromatic carbocycles. The third-order valence-electron chi connectivity index (χ3n) is 4.66. The van der Waals surface area contributed by atoms with Gasteiger partial charge >= 0.3 is 6.03 Å². The Hall–Kier alpha value is -2.36. The first-order valence-electron chi connectivity index (χ1n) is 9.29. The molecule has 0 aliphatic carbocycles. The molecule has 0 bridgehead atoms. The average molecular weight is 493 g/mol. The van der Waals surface area contributed by atoms with Gasteiger partial charge in [-0.2, -0.15) is 0 Å². The number of urea groups is 1. The summed E-state index contributed by atoms with van der Waals surface area (Å²) in [6.07, 6.45) is 1.60. The molecule has 0 unspecified atom stereocenters. The predicted molar refractivity (Wildman–Crippen MR) is 119 cm³/mol. The van der Waals surface area contributed by atoms with Gasteiger partial charge in [-0.3, -0.25) is 4.79 Å². The van der Waals surface area contributed by atoms with Gasteiger partial charge in [0, 0.05) is 48.2 Å². The van der Waals surface area contributed by atoms with E-state index in [9.17, 15) is 9.59 Å². The van der Waals surface area contributed by atoms with Crippen LogP contribution >= 0.6 is 22.6 Å². The molecule has 8 heteroatoms. The maximum absolute atomic E-state index is 12.5. The summed E-state index contributed by atoms with van der Waals surface area (Å²) in [5.74, 6) is 0.636. The van der Waals surface area contributed by atoms with Gasteiger partial charge in [0.15, 0.2) is 0 Å². The molecule has 1 aliphatic rings. The molecule has 1 aromatic heterocycles. The lowest BCUT2D eigenvalue weighted by atomic mass is 10.2. The summed E-state index contributed by atoms with van der Waals surface area (Å²) < 4.78 is 1.11. The number of nitrogens with zero attached hydrogens (tertiary/aromatic N) is 3. The van der Waals surface area contributed by atoms with E-state index in [1.807, 2.05) is 43.0 Å². The van der Waals surface area contributed by atoms with Crippen molar-refractivity contribution in [1.82, 2.24) is 15.2 Å². The monoisotopic (exact) mass is 493 g/mol. The Kier molecular flexibility index (Phi) is 6.71. The van der Waals surface area contributed by atoms with E-state index in [-0.39, 0.29) is 11.9 Å². The van der Waals surface area contributed by atoms with E-state index in [1.165, 1.54) is 5.56 Å². The van der Waals surface area contributed by atoms with Gasteiger partial charge in [0.1, 0.15) is 5.82 Å². The molecule has 2 aromatic rings. The fourth-order valence-corrected chi connectivity index (χ4v) is 3.50. The lowest BCUT2D eigenvalue weighted by Crippen LogP contribution is -2.52. The summed E-state index contributed by atoms with van der Waals surface area (Å²) in [5.41, 5.74) is 2.46. The van der Waals surface area contributed by atoms with Gasteiger partial charge in [-0.15, -0.1) is 0 Å². The van der Waals surface area contributed by atoms with E-state index in [0.29, 0.717) is 25.2 Å². The molecule has 3 rings (SSSR count). The Balaban J connectivity index is 1.58. The number of aromatic nitrogens is 1. The smallest absolute Gasteiger partial charge is 0.317 e. The number of piperazine rings is 1. The van der Waals surface area contributed by atoms with Crippen LogP contribution in [0, 0.1) is 10.5 Å². The molecular weight excluding hydrogens is 469 g/mol. The third-order valence-corrected chi connectivity index (χ3v) is 5.82. The lowest BCUT2D eigenvalue weighted by Gasteiger charge is -2.35. The number of halogens is 1. The first kappa shape index (κ1) is 20.4. The zero-order valence-corrected chi connectivity index (χ0v) is 18.2. The van der Waals surface area contributed by atoms with Gasteiger partial charge in [0.05, 0.1) is 5.56 Å². The number of pyridine rings is 1. The Morgan fingerprint density at radius 3 is 2.50 bits per heavy atom. The molecular formula is C20H24IN5O2. The van der Waals surface area contributed by atoms with Crippen LogP contribution < -0.4 is 15.5 Å². The van der Waals surface area contributed by atoms with Crippen LogP contribution in [0.15, 0.2) is 36.5 Å². The maximum Gasteiger partial charge on any atom is 0.317 e. The number of carbonyl (C=O) groups excluding carboxylic acids is 2. The number of amides is 3. The SMILES string of the molecule is CCNC(=O)N1CCN(c2ccc(C(=O)Nc3ccc(C)c(I)c3)cn2)CC1. The minimum atomic E-state index is -0.181. The second kappa shape index (κ2) is 9.22. The van der Waals surface area contributed by atoms with E-state index in [1.54, 1.807) is 12.3 Å². The van der Waals surface area contributed by atoms with Gasteiger partial charge < -0.3 is 20.4 Å².